The summed E-state index contributed by atoms with van der Waals surface area (Å²) in [7, 11) is 1.95. The standard InChI is InChI=1S/C8H16N2O2/c1-9(7-4-8(11)12)10-5-2-3-6-10/h2-7H2,1H3,(H,11,12). The molecule has 0 aromatic rings. The summed E-state index contributed by atoms with van der Waals surface area (Å²) < 4.78 is 0. The Kier molecular flexibility index (Phi) is 3.49. The molecule has 0 aromatic heterocycles. The van der Waals surface area contributed by atoms with Crippen LogP contribution in [0.25, 0.3) is 0 Å². The summed E-state index contributed by atoms with van der Waals surface area (Å²) in [5.41, 5.74) is 0. The van der Waals surface area contributed by atoms with Crippen LogP contribution < -0.4 is 0 Å². The largest absolute Gasteiger partial charge is 0.481 e. The first kappa shape index (κ1) is 9.48. The van der Waals surface area contributed by atoms with Gasteiger partial charge in [-0.1, -0.05) is 0 Å². The normalized spacial score (nSPS) is 18.8. The quantitative estimate of drug-likeness (QED) is 0.666. The summed E-state index contributed by atoms with van der Waals surface area (Å²) in [6.45, 7) is 2.78. The predicted molar refractivity (Wildman–Crippen MR) is 45.7 cm³/mol. The van der Waals surface area contributed by atoms with Gasteiger partial charge in [-0.2, -0.15) is 0 Å². The second-order valence-corrected chi connectivity index (χ2v) is 3.19. The Labute approximate surface area is 72.7 Å². The van der Waals surface area contributed by atoms with E-state index in [4.69, 9.17) is 5.11 Å². The van der Waals surface area contributed by atoms with Crippen LogP contribution in [0.2, 0.25) is 0 Å². The third-order valence-electron chi connectivity index (χ3n) is 2.21. The number of rotatable bonds is 4. The molecular formula is C8H16N2O2. The van der Waals surface area contributed by atoms with Gasteiger partial charge in [-0.25, -0.2) is 10.0 Å². The molecule has 0 spiro atoms. The summed E-state index contributed by atoms with van der Waals surface area (Å²) in [5.74, 6) is -0.721. The highest BCUT2D eigenvalue weighted by Gasteiger charge is 2.16. The average molecular weight is 172 g/mol. The van der Waals surface area contributed by atoms with E-state index in [0.29, 0.717) is 6.54 Å². The highest BCUT2D eigenvalue weighted by Crippen LogP contribution is 2.09. The summed E-state index contributed by atoms with van der Waals surface area (Å²) in [6, 6.07) is 0. The van der Waals surface area contributed by atoms with Gasteiger partial charge in [0.15, 0.2) is 0 Å². The number of carboxylic acid groups (broad SMARTS) is 1. The average Bonchev–Trinajstić information content (AvgIpc) is 2.51. The molecule has 1 saturated heterocycles. The molecule has 1 aliphatic heterocycles. The first-order chi connectivity index (χ1) is 5.70. The third kappa shape index (κ3) is 2.79. The Bertz CT molecular complexity index is 155. The zero-order chi connectivity index (χ0) is 8.97. The van der Waals surface area contributed by atoms with Gasteiger partial charge in [-0.3, -0.25) is 4.79 Å². The minimum atomic E-state index is -0.721. The topological polar surface area (TPSA) is 43.8 Å². The number of carboxylic acids is 1. The van der Waals surface area contributed by atoms with E-state index in [1.807, 2.05) is 12.1 Å². The molecule has 0 radical (unpaired) electrons. The number of hydrogen-bond acceptors (Lipinski definition) is 3. The smallest absolute Gasteiger partial charge is 0.304 e. The van der Waals surface area contributed by atoms with Crippen molar-refractivity contribution in [2.75, 3.05) is 26.7 Å². The fourth-order valence-electron chi connectivity index (χ4n) is 1.44. The fraction of sp³-hybridized carbons (Fsp3) is 0.875. The number of hydrazine groups is 1. The van der Waals surface area contributed by atoms with Gasteiger partial charge in [0.25, 0.3) is 0 Å². The van der Waals surface area contributed by atoms with Gasteiger partial charge in [-0.05, 0) is 12.8 Å². The molecule has 4 nitrogen and oxygen atoms in total. The molecule has 70 valence electrons. The van der Waals surface area contributed by atoms with E-state index in [9.17, 15) is 4.79 Å². The molecule has 12 heavy (non-hydrogen) atoms. The molecule has 0 bridgehead atoms. The van der Waals surface area contributed by atoms with Crippen LogP contribution >= 0.6 is 0 Å². The van der Waals surface area contributed by atoms with E-state index in [1.54, 1.807) is 0 Å². The van der Waals surface area contributed by atoms with Gasteiger partial charge in [0, 0.05) is 26.7 Å². The Morgan fingerprint density at radius 2 is 2.08 bits per heavy atom. The first-order valence-corrected chi connectivity index (χ1v) is 4.38. The second kappa shape index (κ2) is 4.42. The van der Waals surface area contributed by atoms with E-state index >= 15 is 0 Å². The van der Waals surface area contributed by atoms with Gasteiger partial charge in [0.1, 0.15) is 0 Å². The van der Waals surface area contributed by atoms with Crippen LogP contribution in [0.5, 0.6) is 0 Å². The van der Waals surface area contributed by atoms with Crippen LogP contribution in [-0.2, 0) is 4.79 Å². The molecule has 0 aliphatic carbocycles. The molecule has 1 fully saturated rings. The molecule has 1 heterocycles. The fourth-order valence-corrected chi connectivity index (χ4v) is 1.44. The lowest BCUT2D eigenvalue weighted by Gasteiger charge is -2.26. The molecule has 1 rings (SSSR count). The van der Waals surface area contributed by atoms with Gasteiger partial charge in [0.05, 0.1) is 6.42 Å². The van der Waals surface area contributed by atoms with Gasteiger partial charge in [-0.15, -0.1) is 0 Å². The molecular weight excluding hydrogens is 156 g/mol. The Hall–Kier alpha value is -0.610. The molecule has 0 atom stereocenters. The van der Waals surface area contributed by atoms with Crippen LogP contribution in [0, 0.1) is 0 Å². The molecule has 1 N–H and O–H groups in total. The minimum absolute atomic E-state index is 0.229. The summed E-state index contributed by atoms with van der Waals surface area (Å²) >= 11 is 0. The lowest BCUT2D eigenvalue weighted by atomic mass is 10.4. The second-order valence-electron chi connectivity index (χ2n) is 3.19. The summed E-state index contributed by atoms with van der Waals surface area (Å²) in [6.07, 6.45) is 2.70. The monoisotopic (exact) mass is 172 g/mol. The lowest BCUT2D eigenvalue weighted by Crippen LogP contribution is -2.38. The van der Waals surface area contributed by atoms with Crippen molar-refractivity contribution in [3.8, 4) is 0 Å². The molecule has 0 saturated carbocycles. The predicted octanol–water partition coefficient (Wildman–Crippen LogP) is 0.404. The highest BCUT2D eigenvalue weighted by molar-refractivity contribution is 5.66. The summed E-state index contributed by atoms with van der Waals surface area (Å²) in [5, 5.41) is 12.7. The number of aliphatic carboxylic acids is 1. The van der Waals surface area contributed by atoms with Crippen LogP contribution in [0.4, 0.5) is 0 Å². The minimum Gasteiger partial charge on any atom is -0.481 e. The molecule has 0 amide bonds. The van der Waals surface area contributed by atoms with E-state index in [0.717, 1.165) is 13.1 Å². The maximum atomic E-state index is 10.3. The van der Waals surface area contributed by atoms with Crippen molar-refractivity contribution in [2.24, 2.45) is 0 Å². The van der Waals surface area contributed by atoms with Crippen molar-refractivity contribution >= 4 is 5.97 Å². The van der Waals surface area contributed by atoms with E-state index < -0.39 is 5.97 Å². The number of hydrogen-bond donors (Lipinski definition) is 1. The van der Waals surface area contributed by atoms with Crippen molar-refractivity contribution in [1.82, 2.24) is 10.0 Å². The Morgan fingerprint density at radius 1 is 1.50 bits per heavy atom. The van der Waals surface area contributed by atoms with Crippen molar-refractivity contribution in [2.45, 2.75) is 19.3 Å². The third-order valence-corrected chi connectivity index (χ3v) is 2.21. The maximum Gasteiger partial charge on any atom is 0.304 e. The molecule has 0 aromatic carbocycles. The van der Waals surface area contributed by atoms with Crippen molar-refractivity contribution in [3.63, 3.8) is 0 Å². The zero-order valence-electron chi connectivity index (χ0n) is 7.49. The van der Waals surface area contributed by atoms with Crippen LogP contribution in [0.1, 0.15) is 19.3 Å². The highest BCUT2D eigenvalue weighted by atomic mass is 16.4. The Balaban J connectivity index is 2.17. The van der Waals surface area contributed by atoms with E-state index in [1.165, 1.54) is 12.8 Å². The number of nitrogens with zero attached hydrogens (tertiary/aromatic N) is 2. The SMILES string of the molecule is CN(CCC(=O)O)N1CCCC1. The van der Waals surface area contributed by atoms with Crippen molar-refractivity contribution in [3.05, 3.63) is 0 Å². The Morgan fingerprint density at radius 3 is 2.58 bits per heavy atom. The van der Waals surface area contributed by atoms with Crippen LogP contribution in [0.15, 0.2) is 0 Å². The zero-order valence-corrected chi connectivity index (χ0v) is 7.49. The summed E-state index contributed by atoms with van der Waals surface area (Å²) in [4.78, 5) is 10.3. The van der Waals surface area contributed by atoms with Crippen LogP contribution in [0.3, 0.4) is 0 Å². The van der Waals surface area contributed by atoms with Crippen molar-refractivity contribution in [1.29, 1.82) is 0 Å². The molecule has 0 unspecified atom stereocenters. The first-order valence-electron chi connectivity index (χ1n) is 4.38. The molecule has 1 aliphatic rings. The number of carbonyl (C=O) groups is 1. The van der Waals surface area contributed by atoms with E-state index in [2.05, 4.69) is 5.01 Å². The van der Waals surface area contributed by atoms with Gasteiger partial charge >= 0.3 is 5.97 Å². The van der Waals surface area contributed by atoms with Gasteiger partial charge < -0.3 is 5.11 Å². The van der Waals surface area contributed by atoms with Crippen molar-refractivity contribution < 1.29 is 9.90 Å². The van der Waals surface area contributed by atoms with Crippen LogP contribution in [-0.4, -0.2) is 47.8 Å². The maximum absolute atomic E-state index is 10.3. The molecule has 4 heteroatoms. The van der Waals surface area contributed by atoms with Gasteiger partial charge in [0.2, 0.25) is 0 Å². The van der Waals surface area contributed by atoms with E-state index in [-0.39, 0.29) is 6.42 Å². The lowest BCUT2D eigenvalue weighted by molar-refractivity contribution is -0.138.